The summed E-state index contributed by atoms with van der Waals surface area (Å²) >= 11 is 1.60. The molecule has 2 aliphatic rings. The van der Waals surface area contributed by atoms with Crippen molar-refractivity contribution in [3.05, 3.63) is 53.6 Å². The maximum Gasteiger partial charge on any atom is 0.256 e. The number of carbonyl (C=O) groups excluding carboxylic acids is 2. The van der Waals surface area contributed by atoms with E-state index in [1.54, 1.807) is 11.8 Å². The van der Waals surface area contributed by atoms with Crippen molar-refractivity contribution in [2.24, 2.45) is 5.92 Å². The van der Waals surface area contributed by atoms with Gasteiger partial charge in [0.05, 0.1) is 11.3 Å². The highest BCUT2D eigenvalue weighted by Gasteiger charge is 2.20. The Balaban J connectivity index is 1.36. The van der Waals surface area contributed by atoms with Crippen LogP contribution in [0.25, 0.3) is 0 Å². The van der Waals surface area contributed by atoms with Crippen molar-refractivity contribution in [3.8, 4) is 0 Å². The molecular formula is C24H27NO2S. The Hall–Kier alpha value is -2.07. The minimum absolute atomic E-state index is 0.0854. The first-order valence-electron chi connectivity index (χ1n) is 10.4. The second-order valence-electron chi connectivity index (χ2n) is 7.99. The highest BCUT2D eigenvalue weighted by atomic mass is 32.2. The van der Waals surface area contributed by atoms with E-state index in [9.17, 15) is 9.59 Å². The molecule has 0 bridgehead atoms. The summed E-state index contributed by atoms with van der Waals surface area (Å²) in [4.78, 5) is 26.9. The van der Waals surface area contributed by atoms with Gasteiger partial charge in [-0.2, -0.15) is 0 Å². The Morgan fingerprint density at radius 1 is 1.04 bits per heavy atom. The summed E-state index contributed by atoms with van der Waals surface area (Å²) < 4.78 is 0. The second-order valence-corrected chi connectivity index (χ2v) is 9.08. The van der Waals surface area contributed by atoms with E-state index in [0.29, 0.717) is 24.2 Å². The number of nitrogens with one attached hydrogen (secondary N) is 1. The molecule has 1 amide bonds. The highest BCUT2D eigenvalue weighted by molar-refractivity contribution is 7.99. The van der Waals surface area contributed by atoms with Gasteiger partial charge < -0.3 is 5.32 Å². The molecule has 2 aromatic carbocycles. The Labute approximate surface area is 171 Å². The summed E-state index contributed by atoms with van der Waals surface area (Å²) in [5, 5.41) is 3.01. The standard InChI is InChI=1S/C24H27NO2S/c26-19(10-6-9-17-7-2-1-3-8-17)15-18-13-14-23-21(16-18)25-24(27)20-11-4-5-12-22(20)28-23/h4-5,11-14,16-17H,1-3,6-10,15H2,(H,25,27). The van der Waals surface area contributed by atoms with Gasteiger partial charge in [-0.3, -0.25) is 9.59 Å². The molecule has 28 heavy (non-hydrogen) atoms. The fraction of sp³-hybridized carbons (Fsp3) is 0.417. The molecule has 1 fully saturated rings. The van der Waals surface area contributed by atoms with Crippen LogP contribution in [0.2, 0.25) is 0 Å². The molecule has 2 aromatic rings. The molecule has 0 unspecified atom stereocenters. The zero-order valence-corrected chi connectivity index (χ0v) is 17.0. The number of rotatable bonds is 6. The number of hydrogen-bond donors (Lipinski definition) is 1. The average molecular weight is 394 g/mol. The van der Waals surface area contributed by atoms with Gasteiger partial charge in [-0.05, 0) is 42.2 Å². The van der Waals surface area contributed by atoms with E-state index in [1.807, 2.05) is 42.5 Å². The van der Waals surface area contributed by atoms with Crippen LogP contribution in [0.15, 0.2) is 52.3 Å². The topological polar surface area (TPSA) is 46.2 Å². The van der Waals surface area contributed by atoms with Crippen LogP contribution in [0.5, 0.6) is 0 Å². The lowest BCUT2D eigenvalue weighted by molar-refractivity contribution is -0.118. The van der Waals surface area contributed by atoms with Crippen LogP contribution < -0.4 is 5.32 Å². The minimum Gasteiger partial charge on any atom is -0.321 e. The van der Waals surface area contributed by atoms with Gasteiger partial charge in [0.2, 0.25) is 0 Å². The third-order valence-corrected chi connectivity index (χ3v) is 6.99. The Bertz CT molecular complexity index is 871. The summed E-state index contributed by atoms with van der Waals surface area (Å²) in [5.41, 5.74) is 2.48. The molecule has 4 rings (SSSR count). The summed E-state index contributed by atoms with van der Waals surface area (Å²) in [7, 11) is 0. The number of carbonyl (C=O) groups is 2. The number of Topliss-reactive ketones (excluding diaryl/α,β-unsaturated/α-hetero) is 1. The molecule has 0 aromatic heterocycles. The van der Waals surface area contributed by atoms with Gasteiger partial charge in [0.25, 0.3) is 5.91 Å². The van der Waals surface area contributed by atoms with Crippen molar-refractivity contribution in [2.75, 3.05) is 5.32 Å². The molecular weight excluding hydrogens is 366 g/mol. The van der Waals surface area contributed by atoms with E-state index in [4.69, 9.17) is 0 Å². The van der Waals surface area contributed by atoms with Crippen LogP contribution in [-0.4, -0.2) is 11.7 Å². The van der Waals surface area contributed by atoms with Crippen LogP contribution in [0.3, 0.4) is 0 Å². The molecule has 1 saturated carbocycles. The van der Waals surface area contributed by atoms with Gasteiger partial charge in [-0.25, -0.2) is 0 Å². The molecule has 0 spiro atoms. The SMILES string of the molecule is O=C(CCCC1CCCCC1)Cc1ccc2c(c1)NC(=O)c1ccccc1S2. The van der Waals surface area contributed by atoms with Gasteiger partial charge in [-0.1, -0.05) is 68.5 Å². The highest BCUT2D eigenvalue weighted by Crippen LogP contribution is 2.39. The number of amides is 1. The van der Waals surface area contributed by atoms with E-state index in [2.05, 4.69) is 5.32 Å². The maximum atomic E-state index is 12.5. The number of anilines is 1. The number of ketones is 1. The first kappa shape index (κ1) is 19.3. The van der Waals surface area contributed by atoms with Crippen molar-refractivity contribution < 1.29 is 9.59 Å². The molecule has 1 aliphatic heterocycles. The lowest BCUT2D eigenvalue weighted by Gasteiger charge is -2.21. The minimum atomic E-state index is -0.0854. The van der Waals surface area contributed by atoms with Gasteiger partial charge in [-0.15, -0.1) is 0 Å². The van der Waals surface area contributed by atoms with Crippen molar-refractivity contribution in [1.29, 1.82) is 0 Å². The molecule has 0 atom stereocenters. The number of fused-ring (bicyclic) bond motifs is 2. The van der Waals surface area contributed by atoms with E-state index in [1.165, 1.54) is 38.5 Å². The van der Waals surface area contributed by atoms with Crippen molar-refractivity contribution in [2.45, 2.75) is 67.6 Å². The Morgan fingerprint density at radius 2 is 1.86 bits per heavy atom. The number of benzene rings is 2. The summed E-state index contributed by atoms with van der Waals surface area (Å²) in [6.07, 6.45) is 10.1. The van der Waals surface area contributed by atoms with Crippen LogP contribution >= 0.6 is 11.8 Å². The van der Waals surface area contributed by atoms with Crippen LogP contribution in [0.1, 0.15) is 67.3 Å². The van der Waals surface area contributed by atoms with Gasteiger partial charge in [0, 0.05) is 22.6 Å². The van der Waals surface area contributed by atoms with Crippen LogP contribution in [0.4, 0.5) is 5.69 Å². The fourth-order valence-electron chi connectivity index (χ4n) is 4.30. The molecule has 4 heteroatoms. The molecule has 1 aliphatic carbocycles. The molecule has 1 N–H and O–H groups in total. The van der Waals surface area contributed by atoms with E-state index in [-0.39, 0.29) is 5.91 Å². The Morgan fingerprint density at radius 3 is 2.71 bits per heavy atom. The predicted octanol–water partition coefficient (Wildman–Crippen LogP) is 6.27. The quantitative estimate of drug-likeness (QED) is 0.629. The van der Waals surface area contributed by atoms with Crippen molar-refractivity contribution in [1.82, 2.24) is 0 Å². The predicted molar refractivity (Wildman–Crippen MR) is 114 cm³/mol. The third kappa shape index (κ3) is 4.67. The molecule has 0 radical (unpaired) electrons. The normalized spacial score (nSPS) is 16.6. The first-order chi connectivity index (χ1) is 13.7. The van der Waals surface area contributed by atoms with Gasteiger partial charge in [0.1, 0.15) is 5.78 Å². The zero-order chi connectivity index (χ0) is 19.3. The molecule has 0 saturated heterocycles. The molecule has 146 valence electrons. The summed E-state index contributed by atoms with van der Waals surface area (Å²) in [6, 6.07) is 13.7. The van der Waals surface area contributed by atoms with Gasteiger partial charge in [0.15, 0.2) is 0 Å². The van der Waals surface area contributed by atoms with Gasteiger partial charge >= 0.3 is 0 Å². The fourth-order valence-corrected chi connectivity index (χ4v) is 5.32. The van der Waals surface area contributed by atoms with Crippen molar-refractivity contribution >= 4 is 29.1 Å². The zero-order valence-electron chi connectivity index (χ0n) is 16.2. The first-order valence-corrected chi connectivity index (χ1v) is 11.2. The lowest BCUT2D eigenvalue weighted by atomic mass is 9.85. The Kier molecular flexibility index (Phi) is 6.16. The van der Waals surface area contributed by atoms with Crippen LogP contribution in [-0.2, 0) is 11.2 Å². The van der Waals surface area contributed by atoms with E-state index >= 15 is 0 Å². The summed E-state index contributed by atoms with van der Waals surface area (Å²) in [6.45, 7) is 0. The monoisotopic (exact) mass is 393 g/mol. The molecule has 3 nitrogen and oxygen atoms in total. The average Bonchev–Trinajstić information content (AvgIpc) is 2.84. The summed E-state index contributed by atoms with van der Waals surface area (Å²) in [5.74, 6) is 1.05. The number of hydrogen-bond acceptors (Lipinski definition) is 3. The van der Waals surface area contributed by atoms with Crippen molar-refractivity contribution in [3.63, 3.8) is 0 Å². The lowest BCUT2D eigenvalue weighted by Crippen LogP contribution is -2.12. The third-order valence-electron chi connectivity index (χ3n) is 5.84. The molecule has 1 heterocycles. The maximum absolute atomic E-state index is 12.5. The second kappa shape index (κ2) is 8.95. The van der Waals surface area contributed by atoms with E-state index in [0.717, 1.165) is 33.4 Å². The smallest absolute Gasteiger partial charge is 0.256 e. The van der Waals surface area contributed by atoms with E-state index < -0.39 is 0 Å². The largest absolute Gasteiger partial charge is 0.321 e. The van der Waals surface area contributed by atoms with Crippen LogP contribution in [0, 0.1) is 5.92 Å².